The minimum atomic E-state index is -0.986. The molecule has 1 unspecified atom stereocenters. The molecule has 1 nitrogen and oxygen atoms in total. The van der Waals surface area contributed by atoms with Crippen LogP contribution in [0.2, 0.25) is 0 Å². The SMILES string of the molecule is OC(Cc1cccc(F)c1)c1ccc(Br)cc1F. The van der Waals surface area contributed by atoms with Gasteiger partial charge in [0.05, 0.1) is 6.10 Å². The summed E-state index contributed by atoms with van der Waals surface area (Å²) in [5.41, 5.74) is 0.840. The van der Waals surface area contributed by atoms with Gasteiger partial charge >= 0.3 is 0 Å². The Kier molecular flexibility index (Phi) is 4.09. The molecule has 94 valence electrons. The van der Waals surface area contributed by atoms with Crippen molar-refractivity contribution in [2.45, 2.75) is 12.5 Å². The molecule has 1 N–H and O–H groups in total. The molecule has 0 spiro atoms. The first kappa shape index (κ1) is 13.2. The second-order valence-corrected chi connectivity index (χ2v) is 4.93. The van der Waals surface area contributed by atoms with Gasteiger partial charge in [0.15, 0.2) is 0 Å². The van der Waals surface area contributed by atoms with Gasteiger partial charge in [-0.15, -0.1) is 0 Å². The smallest absolute Gasteiger partial charge is 0.130 e. The maximum atomic E-state index is 13.6. The molecule has 0 aliphatic heterocycles. The molecular formula is C14H11BrF2O. The second kappa shape index (κ2) is 5.59. The van der Waals surface area contributed by atoms with E-state index in [9.17, 15) is 13.9 Å². The number of aliphatic hydroxyl groups excluding tert-OH is 1. The first-order valence-corrected chi connectivity index (χ1v) is 6.23. The molecule has 0 aromatic heterocycles. The van der Waals surface area contributed by atoms with Gasteiger partial charge < -0.3 is 5.11 Å². The molecule has 0 saturated heterocycles. The molecule has 1 atom stereocenters. The Balaban J connectivity index is 2.19. The van der Waals surface area contributed by atoms with Crippen LogP contribution in [0.4, 0.5) is 8.78 Å². The first-order chi connectivity index (χ1) is 8.56. The summed E-state index contributed by atoms with van der Waals surface area (Å²) in [5, 5.41) is 9.96. The topological polar surface area (TPSA) is 20.2 Å². The van der Waals surface area contributed by atoms with Crippen molar-refractivity contribution in [2.75, 3.05) is 0 Å². The van der Waals surface area contributed by atoms with Crippen LogP contribution >= 0.6 is 15.9 Å². The van der Waals surface area contributed by atoms with E-state index in [0.717, 1.165) is 0 Å². The van der Waals surface area contributed by atoms with Gasteiger partial charge in [-0.25, -0.2) is 8.78 Å². The maximum Gasteiger partial charge on any atom is 0.130 e. The highest BCUT2D eigenvalue weighted by Crippen LogP contribution is 2.24. The lowest BCUT2D eigenvalue weighted by Crippen LogP contribution is -2.04. The predicted molar refractivity (Wildman–Crippen MR) is 69.2 cm³/mol. The van der Waals surface area contributed by atoms with Crippen molar-refractivity contribution in [3.05, 3.63) is 69.7 Å². The van der Waals surface area contributed by atoms with E-state index in [2.05, 4.69) is 15.9 Å². The maximum absolute atomic E-state index is 13.6. The molecule has 0 aliphatic rings. The van der Waals surface area contributed by atoms with Gasteiger partial charge in [0.2, 0.25) is 0 Å². The number of benzene rings is 2. The van der Waals surface area contributed by atoms with Gasteiger partial charge in [0.25, 0.3) is 0 Å². The van der Waals surface area contributed by atoms with Crippen molar-refractivity contribution in [1.29, 1.82) is 0 Å². The van der Waals surface area contributed by atoms with Gasteiger partial charge in [0, 0.05) is 16.5 Å². The molecule has 0 aliphatic carbocycles. The van der Waals surface area contributed by atoms with Crippen LogP contribution in [-0.2, 0) is 6.42 Å². The third-order valence-electron chi connectivity index (χ3n) is 2.64. The average Bonchev–Trinajstić information content (AvgIpc) is 2.28. The molecule has 0 fully saturated rings. The summed E-state index contributed by atoms with van der Waals surface area (Å²) in [4.78, 5) is 0. The van der Waals surface area contributed by atoms with E-state index in [1.165, 1.54) is 24.3 Å². The third-order valence-corrected chi connectivity index (χ3v) is 3.13. The van der Waals surface area contributed by atoms with Crippen LogP contribution in [0.25, 0.3) is 0 Å². The van der Waals surface area contributed by atoms with Gasteiger partial charge in [-0.05, 0) is 29.8 Å². The van der Waals surface area contributed by atoms with E-state index in [1.54, 1.807) is 18.2 Å². The van der Waals surface area contributed by atoms with Crippen molar-refractivity contribution < 1.29 is 13.9 Å². The molecule has 4 heteroatoms. The van der Waals surface area contributed by atoms with Gasteiger partial charge in [0.1, 0.15) is 11.6 Å². The summed E-state index contributed by atoms with van der Waals surface area (Å²) in [5.74, 6) is -0.843. The summed E-state index contributed by atoms with van der Waals surface area (Å²) in [6.45, 7) is 0. The summed E-state index contributed by atoms with van der Waals surface area (Å²) in [7, 11) is 0. The highest BCUT2D eigenvalue weighted by molar-refractivity contribution is 9.10. The van der Waals surface area contributed by atoms with E-state index in [4.69, 9.17) is 0 Å². The molecule has 18 heavy (non-hydrogen) atoms. The molecular weight excluding hydrogens is 302 g/mol. The number of hydrogen-bond donors (Lipinski definition) is 1. The largest absolute Gasteiger partial charge is 0.388 e. The summed E-state index contributed by atoms with van der Waals surface area (Å²) < 4.78 is 27.2. The Morgan fingerprint density at radius 2 is 1.89 bits per heavy atom. The fourth-order valence-corrected chi connectivity index (χ4v) is 2.10. The normalized spacial score (nSPS) is 12.4. The highest BCUT2D eigenvalue weighted by atomic mass is 79.9. The van der Waals surface area contributed by atoms with Crippen molar-refractivity contribution in [2.24, 2.45) is 0 Å². The first-order valence-electron chi connectivity index (χ1n) is 5.44. The Bertz CT molecular complexity index is 557. The number of rotatable bonds is 3. The average molecular weight is 313 g/mol. The predicted octanol–water partition coefficient (Wildman–Crippen LogP) is 4.00. The summed E-state index contributed by atoms with van der Waals surface area (Å²) >= 11 is 3.15. The van der Waals surface area contributed by atoms with Crippen LogP contribution < -0.4 is 0 Å². The monoisotopic (exact) mass is 312 g/mol. The quantitative estimate of drug-likeness (QED) is 0.908. The van der Waals surface area contributed by atoms with E-state index in [1.807, 2.05) is 0 Å². The molecule has 0 radical (unpaired) electrons. The molecule has 0 bridgehead atoms. The van der Waals surface area contributed by atoms with Gasteiger partial charge in [-0.1, -0.05) is 34.1 Å². The van der Waals surface area contributed by atoms with Crippen LogP contribution in [-0.4, -0.2) is 5.11 Å². The molecule has 0 amide bonds. The minimum Gasteiger partial charge on any atom is -0.388 e. The molecule has 2 rings (SSSR count). The number of hydrogen-bond acceptors (Lipinski definition) is 1. The van der Waals surface area contributed by atoms with Crippen molar-refractivity contribution in [3.63, 3.8) is 0 Å². The van der Waals surface area contributed by atoms with Crippen LogP contribution in [0.1, 0.15) is 17.2 Å². The fourth-order valence-electron chi connectivity index (χ4n) is 1.77. The Morgan fingerprint density at radius 3 is 2.56 bits per heavy atom. The Labute approximate surface area is 112 Å². The zero-order chi connectivity index (χ0) is 13.1. The Morgan fingerprint density at radius 1 is 1.11 bits per heavy atom. The van der Waals surface area contributed by atoms with E-state index in [0.29, 0.717) is 10.0 Å². The lowest BCUT2D eigenvalue weighted by Gasteiger charge is -2.12. The van der Waals surface area contributed by atoms with Gasteiger partial charge in [-0.2, -0.15) is 0 Å². The van der Waals surface area contributed by atoms with Gasteiger partial charge in [-0.3, -0.25) is 0 Å². The van der Waals surface area contributed by atoms with E-state index < -0.39 is 11.9 Å². The standard InChI is InChI=1S/C14H11BrF2O/c15-10-4-5-12(13(17)8-10)14(18)7-9-2-1-3-11(16)6-9/h1-6,8,14,18H,7H2. The zero-order valence-corrected chi connectivity index (χ0v) is 11.0. The highest BCUT2D eigenvalue weighted by Gasteiger charge is 2.13. The van der Waals surface area contributed by atoms with Crippen molar-refractivity contribution >= 4 is 15.9 Å². The zero-order valence-electron chi connectivity index (χ0n) is 9.41. The lowest BCUT2D eigenvalue weighted by molar-refractivity contribution is 0.173. The molecule has 0 heterocycles. The molecule has 2 aromatic carbocycles. The second-order valence-electron chi connectivity index (χ2n) is 4.02. The molecule has 2 aromatic rings. The third kappa shape index (κ3) is 3.15. The van der Waals surface area contributed by atoms with Crippen molar-refractivity contribution in [1.82, 2.24) is 0 Å². The number of aliphatic hydroxyl groups is 1. The minimum absolute atomic E-state index is 0.177. The van der Waals surface area contributed by atoms with Crippen LogP contribution in [0.5, 0.6) is 0 Å². The van der Waals surface area contributed by atoms with E-state index in [-0.39, 0.29) is 17.8 Å². The number of halogens is 3. The van der Waals surface area contributed by atoms with Crippen LogP contribution in [0.15, 0.2) is 46.9 Å². The molecule has 0 saturated carbocycles. The fraction of sp³-hybridized carbons (Fsp3) is 0.143. The van der Waals surface area contributed by atoms with Crippen LogP contribution in [0, 0.1) is 11.6 Å². The summed E-state index contributed by atoms with van der Waals surface area (Å²) in [6.07, 6.45) is -0.809. The van der Waals surface area contributed by atoms with Crippen molar-refractivity contribution in [3.8, 4) is 0 Å². The van der Waals surface area contributed by atoms with E-state index >= 15 is 0 Å². The Hall–Kier alpha value is -1.26. The van der Waals surface area contributed by atoms with Crippen LogP contribution in [0.3, 0.4) is 0 Å². The lowest BCUT2D eigenvalue weighted by atomic mass is 10.0. The summed E-state index contributed by atoms with van der Waals surface area (Å²) in [6, 6.07) is 10.4.